The van der Waals surface area contributed by atoms with E-state index in [1.165, 1.54) is 11.3 Å². The number of aliphatic hydroxyl groups is 1. The summed E-state index contributed by atoms with van der Waals surface area (Å²) >= 11 is 1.33. The molecule has 0 bridgehead atoms. The normalized spacial score (nSPS) is 21.4. The Labute approximate surface area is 195 Å². The van der Waals surface area contributed by atoms with Crippen molar-refractivity contribution in [3.05, 3.63) is 71.2 Å². The number of rotatable bonds is 5. The van der Waals surface area contributed by atoms with Crippen molar-refractivity contribution < 1.29 is 19.4 Å². The fourth-order valence-electron chi connectivity index (χ4n) is 4.29. The first-order valence-electron chi connectivity index (χ1n) is 10.9. The smallest absolute Gasteiger partial charge is 0.282 e. The number of aromatic nitrogens is 1. The number of piperazine rings is 1. The van der Waals surface area contributed by atoms with Gasteiger partial charge in [0.15, 0.2) is 11.1 Å². The van der Waals surface area contributed by atoms with E-state index >= 15 is 0 Å². The molecule has 8 nitrogen and oxygen atoms in total. The van der Waals surface area contributed by atoms with E-state index in [1.54, 1.807) is 21.4 Å². The minimum atomic E-state index is -1.09. The standard InChI is InChI=1S/C24H24N4O4S/c29-21-20(26-11-13-27(14-12-26)24(31)22-25-10-15-33-22)16-28(23(21)30)17-6-8-19(9-7-17)32-18-4-2-1-3-5-18/h1-10,15,20-21,29H,11-14,16H2. The van der Waals surface area contributed by atoms with E-state index in [0.29, 0.717) is 43.5 Å². The molecule has 3 aromatic rings. The number of nitrogens with zero attached hydrogens (tertiary/aromatic N) is 4. The highest BCUT2D eigenvalue weighted by atomic mass is 32.1. The van der Waals surface area contributed by atoms with Crippen LogP contribution in [-0.2, 0) is 4.79 Å². The highest BCUT2D eigenvalue weighted by molar-refractivity contribution is 7.11. The summed E-state index contributed by atoms with van der Waals surface area (Å²) in [6, 6.07) is 16.5. The molecule has 0 radical (unpaired) electrons. The molecular formula is C24H24N4O4S. The molecule has 9 heteroatoms. The summed E-state index contributed by atoms with van der Waals surface area (Å²) in [5.74, 6) is 1.05. The molecular weight excluding hydrogens is 440 g/mol. The Morgan fingerprint density at radius 2 is 1.70 bits per heavy atom. The SMILES string of the molecule is O=C(c1nccs1)N1CCN(C2CN(c3ccc(Oc4ccccc4)cc3)C(=O)C2O)CC1. The van der Waals surface area contributed by atoms with E-state index in [0.717, 1.165) is 11.4 Å². The van der Waals surface area contributed by atoms with Crippen LogP contribution in [-0.4, -0.2) is 76.6 Å². The molecule has 2 aromatic carbocycles. The van der Waals surface area contributed by atoms with Crippen molar-refractivity contribution >= 4 is 28.8 Å². The second-order valence-electron chi connectivity index (χ2n) is 8.04. The molecule has 2 amide bonds. The van der Waals surface area contributed by atoms with Gasteiger partial charge in [-0.3, -0.25) is 14.5 Å². The van der Waals surface area contributed by atoms with Gasteiger partial charge in [-0.1, -0.05) is 18.2 Å². The fourth-order valence-corrected chi connectivity index (χ4v) is 4.89. The molecule has 2 fully saturated rings. The molecule has 1 aromatic heterocycles. The van der Waals surface area contributed by atoms with Crippen LogP contribution >= 0.6 is 11.3 Å². The molecule has 1 N–H and O–H groups in total. The molecule has 0 aliphatic carbocycles. The minimum Gasteiger partial charge on any atom is -0.457 e. The maximum atomic E-state index is 12.8. The quantitative estimate of drug-likeness (QED) is 0.624. The summed E-state index contributed by atoms with van der Waals surface area (Å²) in [6.45, 7) is 2.69. The Morgan fingerprint density at radius 1 is 1.00 bits per heavy atom. The molecule has 2 unspecified atom stereocenters. The van der Waals surface area contributed by atoms with Crippen molar-refractivity contribution in [1.29, 1.82) is 0 Å². The Morgan fingerprint density at radius 3 is 2.36 bits per heavy atom. The van der Waals surface area contributed by atoms with E-state index in [2.05, 4.69) is 9.88 Å². The summed E-state index contributed by atoms with van der Waals surface area (Å²) < 4.78 is 5.82. The Hall–Kier alpha value is -3.27. The third-order valence-corrected chi connectivity index (χ3v) is 6.83. The first-order chi connectivity index (χ1) is 16.1. The van der Waals surface area contributed by atoms with E-state index in [1.807, 2.05) is 54.6 Å². The number of benzene rings is 2. The fraction of sp³-hybridized carbons (Fsp3) is 0.292. The van der Waals surface area contributed by atoms with Crippen molar-refractivity contribution in [2.24, 2.45) is 0 Å². The highest BCUT2D eigenvalue weighted by Gasteiger charge is 2.43. The second kappa shape index (κ2) is 9.30. The van der Waals surface area contributed by atoms with Crippen LogP contribution in [0.2, 0.25) is 0 Å². The monoisotopic (exact) mass is 464 g/mol. The molecule has 5 rings (SSSR count). The van der Waals surface area contributed by atoms with Gasteiger partial charge in [0.2, 0.25) is 0 Å². The molecule has 3 heterocycles. The number of anilines is 1. The number of amides is 2. The summed E-state index contributed by atoms with van der Waals surface area (Å²) in [7, 11) is 0. The third-order valence-electron chi connectivity index (χ3n) is 6.07. The van der Waals surface area contributed by atoms with Gasteiger partial charge in [-0.25, -0.2) is 4.98 Å². The highest BCUT2D eigenvalue weighted by Crippen LogP contribution is 2.29. The van der Waals surface area contributed by atoms with Gasteiger partial charge in [-0.2, -0.15) is 0 Å². The van der Waals surface area contributed by atoms with Gasteiger partial charge >= 0.3 is 0 Å². The summed E-state index contributed by atoms with van der Waals surface area (Å²) in [5, 5.41) is 13.0. The number of hydrogen-bond acceptors (Lipinski definition) is 7. The van der Waals surface area contributed by atoms with Gasteiger partial charge in [0, 0.05) is 50.0 Å². The van der Waals surface area contributed by atoms with Crippen LogP contribution in [0.4, 0.5) is 5.69 Å². The number of carbonyl (C=O) groups is 2. The number of carbonyl (C=O) groups excluding carboxylic acids is 2. The van der Waals surface area contributed by atoms with Crippen molar-refractivity contribution in [3.8, 4) is 11.5 Å². The largest absolute Gasteiger partial charge is 0.457 e. The van der Waals surface area contributed by atoms with Gasteiger partial charge in [-0.15, -0.1) is 11.3 Å². The van der Waals surface area contributed by atoms with Crippen LogP contribution < -0.4 is 9.64 Å². The van der Waals surface area contributed by atoms with Crippen LogP contribution in [0.25, 0.3) is 0 Å². The lowest BCUT2D eigenvalue weighted by Crippen LogP contribution is -2.55. The average Bonchev–Trinajstić information content (AvgIpc) is 3.49. The van der Waals surface area contributed by atoms with Crippen LogP contribution in [0.5, 0.6) is 11.5 Å². The van der Waals surface area contributed by atoms with Crippen molar-refractivity contribution in [2.45, 2.75) is 12.1 Å². The average molecular weight is 465 g/mol. The maximum Gasteiger partial charge on any atom is 0.282 e. The van der Waals surface area contributed by atoms with Crippen molar-refractivity contribution in [2.75, 3.05) is 37.6 Å². The topological polar surface area (TPSA) is 86.2 Å². The van der Waals surface area contributed by atoms with E-state index in [9.17, 15) is 14.7 Å². The Kier molecular flexibility index (Phi) is 6.08. The van der Waals surface area contributed by atoms with Gasteiger partial charge in [0.25, 0.3) is 11.8 Å². The van der Waals surface area contributed by atoms with Crippen molar-refractivity contribution in [3.63, 3.8) is 0 Å². The van der Waals surface area contributed by atoms with E-state index < -0.39 is 6.10 Å². The van der Waals surface area contributed by atoms with Crippen molar-refractivity contribution in [1.82, 2.24) is 14.8 Å². The molecule has 0 saturated carbocycles. The predicted molar refractivity (Wildman–Crippen MR) is 125 cm³/mol. The predicted octanol–water partition coefficient (Wildman–Crippen LogP) is 2.47. The zero-order chi connectivity index (χ0) is 22.8. The van der Waals surface area contributed by atoms with E-state index in [-0.39, 0.29) is 17.9 Å². The minimum absolute atomic E-state index is 0.0628. The van der Waals surface area contributed by atoms with Crippen LogP contribution in [0.1, 0.15) is 9.80 Å². The first-order valence-corrected chi connectivity index (χ1v) is 11.7. The molecule has 2 aliphatic rings. The number of thiazole rings is 1. The summed E-state index contributed by atoms with van der Waals surface area (Å²) in [5.41, 5.74) is 0.722. The maximum absolute atomic E-state index is 12.8. The summed E-state index contributed by atoms with van der Waals surface area (Å²) in [6.07, 6.45) is 0.537. The molecule has 2 aliphatic heterocycles. The second-order valence-corrected chi connectivity index (χ2v) is 8.93. The number of aliphatic hydroxyl groups excluding tert-OH is 1. The van der Waals surface area contributed by atoms with Gasteiger partial charge in [0.1, 0.15) is 11.5 Å². The van der Waals surface area contributed by atoms with Crippen LogP contribution in [0.15, 0.2) is 66.2 Å². The number of hydrogen-bond donors (Lipinski definition) is 1. The lowest BCUT2D eigenvalue weighted by Gasteiger charge is -2.38. The molecule has 33 heavy (non-hydrogen) atoms. The molecule has 0 spiro atoms. The van der Waals surface area contributed by atoms with Crippen LogP contribution in [0, 0.1) is 0 Å². The molecule has 2 atom stereocenters. The Bertz CT molecular complexity index is 1100. The number of para-hydroxylation sites is 1. The first kappa shape index (κ1) is 21.6. The zero-order valence-electron chi connectivity index (χ0n) is 17.9. The Balaban J connectivity index is 1.21. The molecule has 170 valence electrons. The van der Waals surface area contributed by atoms with Gasteiger partial charge in [-0.05, 0) is 36.4 Å². The van der Waals surface area contributed by atoms with Gasteiger partial charge < -0.3 is 19.6 Å². The lowest BCUT2D eigenvalue weighted by atomic mass is 10.1. The molecule has 2 saturated heterocycles. The number of ether oxygens (including phenoxy) is 1. The summed E-state index contributed by atoms with van der Waals surface area (Å²) in [4.78, 5) is 34.9. The third kappa shape index (κ3) is 4.47. The zero-order valence-corrected chi connectivity index (χ0v) is 18.7. The lowest BCUT2D eigenvalue weighted by molar-refractivity contribution is -0.125. The van der Waals surface area contributed by atoms with Gasteiger partial charge in [0.05, 0.1) is 6.04 Å². The van der Waals surface area contributed by atoms with Crippen LogP contribution in [0.3, 0.4) is 0 Å². The van der Waals surface area contributed by atoms with E-state index in [4.69, 9.17) is 4.74 Å².